The summed E-state index contributed by atoms with van der Waals surface area (Å²) in [4.78, 5) is 50.7. The summed E-state index contributed by atoms with van der Waals surface area (Å²) in [5, 5.41) is 29.0. The molecule has 12 nitrogen and oxygen atoms in total. The van der Waals surface area contributed by atoms with Gasteiger partial charge < -0.3 is 41.4 Å². The maximum absolute atomic E-state index is 13.3. The number of esters is 1. The smallest absolute Gasteiger partial charge is 0.340 e. The lowest BCUT2D eigenvalue weighted by atomic mass is 9.77. The molecule has 2 aliphatic heterocycles. The second-order valence-electron chi connectivity index (χ2n) is 13.4. The van der Waals surface area contributed by atoms with Gasteiger partial charge in [0.2, 0.25) is 11.8 Å². The number of hydrogen-bond donors (Lipinski definition) is 6. The zero-order valence-corrected chi connectivity index (χ0v) is 29.4. The molecule has 53 heavy (non-hydrogen) atoms. The third-order valence-electron chi connectivity index (χ3n) is 9.52. The van der Waals surface area contributed by atoms with Crippen LogP contribution in [0.3, 0.4) is 0 Å². The first kappa shape index (κ1) is 36.7. The third-order valence-corrected chi connectivity index (χ3v) is 9.52. The lowest BCUT2D eigenvalue weighted by Crippen LogP contribution is -2.33. The number of rotatable bonds is 16. The second-order valence-corrected chi connectivity index (χ2v) is 13.4. The van der Waals surface area contributed by atoms with Gasteiger partial charge in [-0.3, -0.25) is 14.4 Å². The molecule has 0 saturated heterocycles. The molecule has 0 atom stereocenters. The summed E-state index contributed by atoms with van der Waals surface area (Å²) in [5.41, 5.74) is 8.21. The number of ether oxygens (including phenoxy) is 2. The van der Waals surface area contributed by atoms with Crippen molar-refractivity contribution in [2.45, 2.75) is 63.4 Å². The van der Waals surface area contributed by atoms with Crippen LogP contribution in [0.25, 0.3) is 0 Å². The first-order chi connectivity index (χ1) is 25.6. The van der Waals surface area contributed by atoms with E-state index in [0.29, 0.717) is 67.6 Å². The maximum atomic E-state index is 13.3. The van der Waals surface area contributed by atoms with E-state index in [1.54, 1.807) is 24.3 Å². The van der Waals surface area contributed by atoms with Crippen molar-refractivity contribution in [3.05, 3.63) is 112 Å². The van der Waals surface area contributed by atoms with Gasteiger partial charge in [0.05, 0.1) is 5.56 Å². The Kier molecular flexibility index (Phi) is 11.5. The van der Waals surface area contributed by atoms with Crippen LogP contribution in [0.5, 0.6) is 23.0 Å². The van der Waals surface area contributed by atoms with Gasteiger partial charge in [-0.05, 0) is 86.2 Å². The zero-order chi connectivity index (χ0) is 37.4. The monoisotopic (exact) mass is 720 g/mol. The van der Waals surface area contributed by atoms with Gasteiger partial charge in [0, 0.05) is 72.5 Å². The molecule has 276 valence electrons. The number of phenols is 2. The van der Waals surface area contributed by atoms with Crippen LogP contribution in [0.15, 0.2) is 78.9 Å². The molecular weight excluding hydrogens is 676 g/mol. The largest absolute Gasteiger partial charge is 0.508 e. The first-order valence-electron chi connectivity index (χ1n) is 18.0. The van der Waals surface area contributed by atoms with E-state index in [1.807, 2.05) is 24.3 Å². The van der Waals surface area contributed by atoms with Gasteiger partial charge in [0.1, 0.15) is 23.0 Å². The highest BCUT2D eigenvalue weighted by Gasteiger charge is 2.53. The van der Waals surface area contributed by atoms with E-state index in [2.05, 4.69) is 16.0 Å². The molecule has 6 rings (SSSR count). The van der Waals surface area contributed by atoms with Crippen molar-refractivity contribution in [2.24, 2.45) is 0 Å². The van der Waals surface area contributed by atoms with E-state index < -0.39 is 11.6 Å². The van der Waals surface area contributed by atoms with E-state index in [9.17, 15) is 29.4 Å². The zero-order valence-electron chi connectivity index (χ0n) is 29.4. The Morgan fingerprint density at radius 2 is 1.21 bits per heavy atom. The molecule has 12 heteroatoms. The fourth-order valence-corrected chi connectivity index (χ4v) is 6.76. The molecule has 0 aromatic heterocycles. The molecule has 4 aromatic carbocycles. The third kappa shape index (κ3) is 8.54. The fourth-order valence-electron chi connectivity index (χ4n) is 6.76. The van der Waals surface area contributed by atoms with Crippen molar-refractivity contribution < 1.29 is 38.9 Å². The predicted octanol–water partition coefficient (Wildman–Crippen LogP) is 5.57. The number of carbonyl (C=O) groups is 4. The molecule has 1 spiro atoms. The standard InChI is InChI=1S/C41H44N4O8/c42-28-12-9-26(10-13-28)19-22-44-38(49)8-3-1-5-20-43-37(48)7-4-2-6-21-45-39(50)27-11-16-32-31(23-27)40(51)53-41(32)33-17-14-29(46)24-35(33)52-36-25-30(47)15-18-34(36)41/h9-18,23-25,46-47H,1-8,19-22,42H2,(H,43,48)(H,44,49)(H,45,50). The van der Waals surface area contributed by atoms with Crippen LogP contribution in [-0.4, -0.2) is 53.5 Å². The number of anilines is 1. The Balaban J connectivity index is 0.885. The molecule has 4 aromatic rings. The Hall–Kier alpha value is -6.04. The summed E-state index contributed by atoms with van der Waals surface area (Å²) in [5.74, 6) is -0.447. The van der Waals surface area contributed by atoms with Crippen LogP contribution in [-0.2, 0) is 26.3 Å². The molecule has 3 amide bonds. The summed E-state index contributed by atoms with van der Waals surface area (Å²) >= 11 is 0. The molecular formula is C41H44N4O8. The lowest BCUT2D eigenvalue weighted by molar-refractivity contribution is -0.122. The van der Waals surface area contributed by atoms with E-state index in [0.717, 1.165) is 43.4 Å². The fraction of sp³-hybridized carbons (Fsp3) is 0.317. The molecule has 0 bridgehead atoms. The van der Waals surface area contributed by atoms with Gasteiger partial charge in [-0.15, -0.1) is 0 Å². The van der Waals surface area contributed by atoms with Crippen LogP contribution >= 0.6 is 0 Å². The van der Waals surface area contributed by atoms with Gasteiger partial charge in [0.25, 0.3) is 5.91 Å². The summed E-state index contributed by atoms with van der Waals surface area (Å²) in [7, 11) is 0. The highest BCUT2D eigenvalue weighted by Crippen LogP contribution is 2.57. The van der Waals surface area contributed by atoms with Crippen LogP contribution in [0.1, 0.15) is 94.3 Å². The number of nitrogen functional groups attached to an aromatic ring is 1. The summed E-state index contributed by atoms with van der Waals surface area (Å²) in [6.07, 6.45) is 6.18. The number of hydrogen-bond acceptors (Lipinski definition) is 9. The number of benzene rings is 4. The van der Waals surface area contributed by atoms with Crippen molar-refractivity contribution in [1.29, 1.82) is 0 Å². The van der Waals surface area contributed by atoms with Gasteiger partial charge in [-0.25, -0.2) is 4.79 Å². The van der Waals surface area contributed by atoms with Crippen molar-refractivity contribution in [3.63, 3.8) is 0 Å². The Labute approximate surface area is 307 Å². The highest BCUT2D eigenvalue weighted by molar-refractivity contribution is 6.01. The molecule has 7 N–H and O–H groups in total. The maximum Gasteiger partial charge on any atom is 0.340 e. The number of nitrogens with one attached hydrogen (secondary N) is 3. The predicted molar refractivity (Wildman–Crippen MR) is 198 cm³/mol. The van der Waals surface area contributed by atoms with Crippen molar-refractivity contribution in [1.82, 2.24) is 16.0 Å². The number of phenolic OH excluding ortho intramolecular Hbond substituents is 2. The van der Waals surface area contributed by atoms with Crippen LogP contribution < -0.4 is 26.4 Å². The first-order valence-corrected chi connectivity index (χ1v) is 18.0. The number of fused-ring (bicyclic) bond motifs is 6. The minimum atomic E-state index is -1.39. The van der Waals surface area contributed by atoms with Crippen LogP contribution in [0.4, 0.5) is 5.69 Å². The van der Waals surface area contributed by atoms with Crippen molar-refractivity contribution in [3.8, 4) is 23.0 Å². The van der Waals surface area contributed by atoms with Gasteiger partial charge in [-0.1, -0.05) is 31.0 Å². The van der Waals surface area contributed by atoms with E-state index in [4.69, 9.17) is 15.2 Å². The van der Waals surface area contributed by atoms with Crippen LogP contribution in [0.2, 0.25) is 0 Å². The lowest BCUT2D eigenvalue weighted by Gasteiger charge is -2.36. The summed E-state index contributed by atoms with van der Waals surface area (Å²) in [6.45, 7) is 1.57. The normalized spacial score (nSPS) is 13.2. The van der Waals surface area contributed by atoms with Crippen molar-refractivity contribution in [2.75, 3.05) is 25.4 Å². The number of unbranched alkanes of at least 4 members (excludes halogenated alkanes) is 4. The second kappa shape index (κ2) is 16.5. The Bertz CT molecular complexity index is 1940. The summed E-state index contributed by atoms with van der Waals surface area (Å²) < 4.78 is 12.1. The summed E-state index contributed by atoms with van der Waals surface area (Å²) in [6, 6.07) is 21.5. The average Bonchev–Trinajstić information content (AvgIpc) is 3.43. The molecule has 2 heterocycles. The van der Waals surface area contributed by atoms with Crippen molar-refractivity contribution >= 4 is 29.4 Å². The van der Waals surface area contributed by atoms with E-state index >= 15 is 0 Å². The molecule has 0 unspecified atom stereocenters. The van der Waals surface area contributed by atoms with Crippen LogP contribution in [0, 0.1) is 0 Å². The van der Waals surface area contributed by atoms with Gasteiger partial charge >= 0.3 is 5.97 Å². The number of amides is 3. The number of nitrogens with two attached hydrogens (primary N) is 1. The average molecular weight is 721 g/mol. The molecule has 0 aliphatic carbocycles. The van der Waals surface area contributed by atoms with Gasteiger partial charge in [-0.2, -0.15) is 0 Å². The quantitative estimate of drug-likeness (QED) is 0.0488. The highest BCUT2D eigenvalue weighted by atomic mass is 16.6. The molecule has 2 aliphatic rings. The molecule has 0 saturated carbocycles. The molecule has 0 radical (unpaired) electrons. The number of aromatic hydroxyl groups is 2. The van der Waals surface area contributed by atoms with E-state index in [-0.39, 0.29) is 46.3 Å². The minimum absolute atomic E-state index is 0.0133. The van der Waals surface area contributed by atoms with E-state index in [1.165, 1.54) is 30.3 Å². The Morgan fingerprint density at radius 1 is 0.642 bits per heavy atom. The van der Waals surface area contributed by atoms with Gasteiger partial charge in [0.15, 0.2) is 5.60 Å². The minimum Gasteiger partial charge on any atom is -0.508 e. The molecule has 0 fully saturated rings. The topological polar surface area (TPSA) is 189 Å². The Morgan fingerprint density at radius 3 is 1.83 bits per heavy atom. The number of carbonyl (C=O) groups excluding carboxylic acids is 4. The SMILES string of the molecule is Nc1ccc(CCNC(=O)CCCCCNC(=O)CCCCCNC(=O)c2ccc3c(c2)C(=O)OC32c3ccc(O)cc3Oc3cc(O)ccc32)cc1.